The van der Waals surface area contributed by atoms with E-state index in [1.54, 1.807) is 6.21 Å². The number of hydrazone groups is 1. The lowest BCUT2D eigenvalue weighted by atomic mass is 10.3. The van der Waals surface area contributed by atoms with Crippen molar-refractivity contribution in [1.29, 1.82) is 0 Å². The number of anilines is 1. The molecule has 3 rings (SSSR count). The predicted octanol–water partition coefficient (Wildman–Crippen LogP) is 2.43. The number of benzene rings is 1. The fraction of sp³-hybridized carbons (Fsp3) is 0.312. The van der Waals surface area contributed by atoms with Gasteiger partial charge < -0.3 is 4.74 Å². The van der Waals surface area contributed by atoms with Crippen LogP contribution in [-0.2, 0) is 14.8 Å². The smallest absolute Gasteiger partial charge is 0.295 e. The van der Waals surface area contributed by atoms with E-state index in [1.807, 2.05) is 19.1 Å². The molecule has 1 saturated heterocycles. The van der Waals surface area contributed by atoms with Gasteiger partial charge in [0.2, 0.25) is 10.0 Å². The number of hydrogen-bond donors (Lipinski definition) is 1. The number of thiophene rings is 1. The highest BCUT2D eigenvalue weighted by molar-refractivity contribution is 7.89. The molecule has 0 unspecified atom stereocenters. The van der Waals surface area contributed by atoms with Gasteiger partial charge in [-0.3, -0.25) is 15.5 Å². The number of sulfonamides is 1. The zero-order chi connectivity index (χ0) is 19.4. The van der Waals surface area contributed by atoms with E-state index in [-0.39, 0.29) is 29.4 Å². The second kappa shape index (κ2) is 8.13. The van der Waals surface area contributed by atoms with Crippen LogP contribution < -0.4 is 5.43 Å². The van der Waals surface area contributed by atoms with Crippen LogP contribution in [0.3, 0.4) is 0 Å². The van der Waals surface area contributed by atoms with Gasteiger partial charge in [0.05, 0.1) is 29.2 Å². The molecule has 0 bridgehead atoms. The number of nitro groups is 1. The Balaban J connectivity index is 1.84. The highest BCUT2D eigenvalue weighted by Crippen LogP contribution is 2.29. The van der Waals surface area contributed by atoms with Crippen molar-refractivity contribution >= 4 is 38.9 Å². The van der Waals surface area contributed by atoms with Crippen LogP contribution in [0.5, 0.6) is 0 Å². The monoisotopic (exact) mass is 410 g/mol. The first-order valence-electron chi connectivity index (χ1n) is 8.10. The number of nitrogens with zero attached hydrogens (tertiary/aromatic N) is 3. The summed E-state index contributed by atoms with van der Waals surface area (Å²) < 4.78 is 31.8. The van der Waals surface area contributed by atoms with Crippen molar-refractivity contribution in [2.75, 3.05) is 31.7 Å². The summed E-state index contributed by atoms with van der Waals surface area (Å²) in [7, 11) is -3.81. The van der Waals surface area contributed by atoms with Gasteiger partial charge in [-0.05, 0) is 31.2 Å². The Labute approximate surface area is 160 Å². The van der Waals surface area contributed by atoms with E-state index >= 15 is 0 Å². The minimum atomic E-state index is -3.81. The number of hydrogen-bond acceptors (Lipinski definition) is 8. The molecule has 27 heavy (non-hydrogen) atoms. The summed E-state index contributed by atoms with van der Waals surface area (Å²) in [6.07, 6.45) is 1.56. The average molecular weight is 410 g/mol. The first kappa shape index (κ1) is 19.4. The van der Waals surface area contributed by atoms with Crippen LogP contribution in [0.1, 0.15) is 9.75 Å². The molecule has 0 amide bonds. The van der Waals surface area contributed by atoms with Crippen molar-refractivity contribution in [3.05, 3.63) is 50.2 Å². The van der Waals surface area contributed by atoms with Crippen LogP contribution in [-0.4, -0.2) is 50.2 Å². The largest absolute Gasteiger partial charge is 0.379 e. The molecule has 144 valence electrons. The van der Waals surface area contributed by atoms with Gasteiger partial charge in [-0.25, -0.2) is 8.42 Å². The Morgan fingerprint density at radius 3 is 2.67 bits per heavy atom. The minimum Gasteiger partial charge on any atom is -0.379 e. The maximum absolute atomic E-state index is 12.7. The molecule has 0 spiro atoms. The highest BCUT2D eigenvalue weighted by Gasteiger charge is 2.28. The van der Waals surface area contributed by atoms with Gasteiger partial charge >= 0.3 is 0 Å². The quantitative estimate of drug-likeness (QED) is 0.444. The maximum atomic E-state index is 12.7. The fourth-order valence-corrected chi connectivity index (χ4v) is 4.72. The lowest BCUT2D eigenvalue weighted by Crippen LogP contribution is -2.40. The van der Waals surface area contributed by atoms with Crippen molar-refractivity contribution in [2.24, 2.45) is 5.10 Å². The molecule has 0 aliphatic carbocycles. The van der Waals surface area contributed by atoms with E-state index in [0.29, 0.717) is 13.2 Å². The third kappa shape index (κ3) is 4.50. The summed E-state index contributed by atoms with van der Waals surface area (Å²) in [5.74, 6) is 0. The summed E-state index contributed by atoms with van der Waals surface area (Å²) in [5.41, 5.74) is 2.38. The minimum absolute atomic E-state index is 0.116. The van der Waals surface area contributed by atoms with Crippen LogP contribution in [0, 0.1) is 17.0 Å². The number of ether oxygens (including phenoxy) is 1. The summed E-state index contributed by atoms with van der Waals surface area (Å²) in [5, 5.41) is 15.4. The molecule has 0 radical (unpaired) electrons. The van der Waals surface area contributed by atoms with Crippen molar-refractivity contribution in [2.45, 2.75) is 11.8 Å². The van der Waals surface area contributed by atoms with Crippen LogP contribution in [0.2, 0.25) is 0 Å². The van der Waals surface area contributed by atoms with E-state index in [2.05, 4.69) is 10.5 Å². The second-order valence-electron chi connectivity index (χ2n) is 5.77. The standard InChI is InChI=1S/C16H18N4O5S2/c1-12-2-3-13(26-12)11-17-18-15-5-4-14(10-16(15)20(21)22)27(23,24)19-6-8-25-9-7-19/h2-5,10-11,18H,6-9H2,1H3. The molecule has 2 aromatic rings. The number of nitro benzene ring substituents is 1. The molecule has 1 N–H and O–H groups in total. The Bertz CT molecular complexity index is 965. The number of nitrogens with one attached hydrogen (secondary N) is 1. The molecule has 9 nitrogen and oxygen atoms in total. The van der Waals surface area contributed by atoms with E-state index in [9.17, 15) is 18.5 Å². The van der Waals surface area contributed by atoms with E-state index in [4.69, 9.17) is 4.74 Å². The van der Waals surface area contributed by atoms with Gasteiger partial charge in [-0.1, -0.05) is 0 Å². The topological polar surface area (TPSA) is 114 Å². The predicted molar refractivity (Wildman–Crippen MR) is 103 cm³/mol. The fourth-order valence-electron chi connectivity index (χ4n) is 2.54. The SMILES string of the molecule is Cc1ccc(C=NNc2ccc(S(=O)(=O)N3CCOCC3)cc2[N+](=O)[O-])s1. The Morgan fingerprint density at radius 1 is 1.30 bits per heavy atom. The van der Waals surface area contributed by atoms with Gasteiger partial charge in [-0.2, -0.15) is 9.41 Å². The third-order valence-corrected chi connectivity index (χ3v) is 6.74. The van der Waals surface area contributed by atoms with Crippen LogP contribution in [0.25, 0.3) is 0 Å². The molecular formula is C16H18N4O5S2. The highest BCUT2D eigenvalue weighted by atomic mass is 32.2. The molecular weight excluding hydrogens is 392 g/mol. The maximum Gasteiger partial charge on any atom is 0.295 e. The molecule has 1 aromatic heterocycles. The number of rotatable bonds is 6. The lowest BCUT2D eigenvalue weighted by molar-refractivity contribution is -0.384. The van der Waals surface area contributed by atoms with Crippen LogP contribution in [0.4, 0.5) is 11.4 Å². The van der Waals surface area contributed by atoms with Gasteiger partial charge in [0.25, 0.3) is 5.69 Å². The molecule has 0 saturated carbocycles. The van der Waals surface area contributed by atoms with Gasteiger partial charge in [0.15, 0.2) is 0 Å². The molecule has 1 aromatic carbocycles. The third-order valence-electron chi connectivity index (χ3n) is 3.91. The Hall–Kier alpha value is -2.34. The normalized spacial score (nSPS) is 15.9. The summed E-state index contributed by atoms with van der Waals surface area (Å²) in [6, 6.07) is 7.57. The first-order chi connectivity index (χ1) is 12.9. The molecule has 1 aliphatic heterocycles. The molecule has 11 heteroatoms. The second-order valence-corrected chi connectivity index (χ2v) is 9.03. The molecule has 0 atom stereocenters. The van der Waals surface area contributed by atoms with Gasteiger partial charge in [-0.15, -0.1) is 11.3 Å². The summed E-state index contributed by atoms with van der Waals surface area (Å²) >= 11 is 1.54. The number of morpholine rings is 1. The molecule has 1 fully saturated rings. The Kier molecular flexibility index (Phi) is 5.85. The van der Waals surface area contributed by atoms with Gasteiger partial charge in [0.1, 0.15) is 5.69 Å². The number of aryl methyl sites for hydroxylation is 1. The summed E-state index contributed by atoms with van der Waals surface area (Å²) in [4.78, 5) is 12.7. The van der Waals surface area contributed by atoms with Crippen LogP contribution >= 0.6 is 11.3 Å². The lowest BCUT2D eigenvalue weighted by Gasteiger charge is -2.26. The zero-order valence-electron chi connectivity index (χ0n) is 14.5. The van der Waals surface area contributed by atoms with E-state index < -0.39 is 14.9 Å². The average Bonchev–Trinajstić information content (AvgIpc) is 3.07. The first-order valence-corrected chi connectivity index (χ1v) is 10.4. The van der Waals surface area contributed by atoms with Crippen LogP contribution in [0.15, 0.2) is 40.3 Å². The molecule has 1 aliphatic rings. The summed E-state index contributed by atoms with van der Waals surface area (Å²) in [6.45, 7) is 3.02. The van der Waals surface area contributed by atoms with Crippen molar-refractivity contribution < 1.29 is 18.1 Å². The zero-order valence-corrected chi connectivity index (χ0v) is 16.1. The van der Waals surface area contributed by atoms with Gasteiger partial charge in [0, 0.05) is 28.9 Å². The van der Waals surface area contributed by atoms with Crippen molar-refractivity contribution in [1.82, 2.24) is 4.31 Å². The van der Waals surface area contributed by atoms with E-state index in [1.165, 1.54) is 27.8 Å². The molecule has 2 heterocycles. The van der Waals surface area contributed by atoms with E-state index in [0.717, 1.165) is 15.8 Å². The van der Waals surface area contributed by atoms with Crippen molar-refractivity contribution in [3.8, 4) is 0 Å². The van der Waals surface area contributed by atoms with Crippen molar-refractivity contribution in [3.63, 3.8) is 0 Å². The Morgan fingerprint density at radius 2 is 2.04 bits per heavy atom.